The van der Waals surface area contributed by atoms with Gasteiger partial charge in [0, 0.05) is 24.7 Å². The number of primary amides is 1. The Hall–Kier alpha value is -2.67. The third-order valence-corrected chi connectivity index (χ3v) is 3.16. The third kappa shape index (κ3) is 2.50. The topological polar surface area (TPSA) is 98.7 Å². The molecule has 0 saturated heterocycles. The lowest BCUT2D eigenvalue weighted by Crippen LogP contribution is -2.16. The van der Waals surface area contributed by atoms with E-state index in [9.17, 15) is 4.79 Å². The highest BCUT2D eigenvalue weighted by Gasteiger charge is 2.13. The number of fused-ring (bicyclic) bond motifs is 1. The number of hydrogen-bond donors (Lipinski definition) is 2. The second kappa shape index (κ2) is 5.02. The molecule has 7 nitrogen and oxygen atoms in total. The van der Waals surface area contributed by atoms with Crippen molar-refractivity contribution in [2.75, 3.05) is 5.32 Å². The average molecular weight is 303 g/mol. The van der Waals surface area contributed by atoms with Gasteiger partial charge in [0.25, 0.3) is 5.91 Å². The lowest BCUT2D eigenvalue weighted by Gasteiger charge is -2.08. The van der Waals surface area contributed by atoms with E-state index in [0.29, 0.717) is 11.5 Å². The molecule has 21 heavy (non-hydrogen) atoms. The number of rotatable bonds is 3. The Morgan fingerprint density at radius 2 is 2.14 bits per heavy atom. The molecule has 3 rings (SSSR count). The number of anilines is 2. The summed E-state index contributed by atoms with van der Waals surface area (Å²) in [4.78, 5) is 15.8. The molecule has 3 heterocycles. The standard InChI is InChI=1S/C13H11ClN6O/c1-20-5-4-7-2-3-10(17-13(7)20)16-8-6-9(14)18-19-11(8)12(15)21/h2-6H,1H3,(H2,15,21)(H,16,17,18). The molecular weight excluding hydrogens is 292 g/mol. The lowest BCUT2D eigenvalue weighted by molar-refractivity contribution is 0.0995. The normalized spacial score (nSPS) is 10.8. The van der Waals surface area contributed by atoms with E-state index in [1.165, 1.54) is 6.07 Å². The molecule has 3 aromatic rings. The van der Waals surface area contributed by atoms with Gasteiger partial charge in [0.2, 0.25) is 0 Å². The molecular formula is C13H11ClN6O. The molecule has 0 bridgehead atoms. The van der Waals surface area contributed by atoms with E-state index in [2.05, 4.69) is 20.5 Å². The Bertz CT molecular complexity index is 844. The highest BCUT2D eigenvalue weighted by molar-refractivity contribution is 6.29. The van der Waals surface area contributed by atoms with Crippen LogP contribution in [0.25, 0.3) is 11.0 Å². The molecule has 0 aliphatic rings. The van der Waals surface area contributed by atoms with Crippen molar-refractivity contribution in [3.8, 4) is 0 Å². The third-order valence-electron chi connectivity index (χ3n) is 2.98. The van der Waals surface area contributed by atoms with Crippen LogP contribution >= 0.6 is 11.6 Å². The van der Waals surface area contributed by atoms with E-state index in [0.717, 1.165) is 11.0 Å². The molecule has 8 heteroatoms. The van der Waals surface area contributed by atoms with Crippen LogP contribution in [0.5, 0.6) is 0 Å². The van der Waals surface area contributed by atoms with E-state index < -0.39 is 5.91 Å². The monoisotopic (exact) mass is 302 g/mol. The molecule has 0 unspecified atom stereocenters. The van der Waals surface area contributed by atoms with Crippen molar-refractivity contribution in [2.24, 2.45) is 12.8 Å². The second-order valence-corrected chi connectivity index (χ2v) is 4.84. The number of amides is 1. The fraction of sp³-hybridized carbons (Fsp3) is 0.0769. The first-order chi connectivity index (χ1) is 10.0. The van der Waals surface area contributed by atoms with E-state index >= 15 is 0 Å². The Labute approximate surface area is 124 Å². The van der Waals surface area contributed by atoms with Gasteiger partial charge >= 0.3 is 0 Å². The molecule has 0 aromatic carbocycles. The van der Waals surface area contributed by atoms with Gasteiger partial charge in [-0.15, -0.1) is 10.2 Å². The molecule has 106 valence electrons. The maximum atomic E-state index is 11.4. The summed E-state index contributed by atoms with van der Waals surface area (Å²) in [5.41, 5.74) is 6.45. The van der Waals surface area contributed by atoms with Crippen LogP contribution in [-0.4, -0.2) is 25.7 Å². The van der Waals surface area contributed by atoms with Crippen LogP contribution in [0.3, 0.4) is 0 Å². The summed E-state index contributed by atoms with van der Waals surface area (Å²) in [6.45, 7) is 0. The molecule has 3 aromatic heterocycles. The molecule has 0 fully saturated rings. The average Bonchev–Trinajstić information content (AvgIpc) is 2.80. The van der Waals surface area contributed by atoms with Gasteiger partial charge in [-0.1, -0.05) is 11.6 Å². The Morgan fingerprint density at radius 3 is 2.90 bits per heavy atom. The molecule has 0 radical (unpaired) electrons. The number of carbonyl (C=O) groups is 1. The first kappa shape index (κ1) is 13.3. The summed E-state index contributed by atoms with van der Waals surface area (Å²) in [5.74, 6) is -0.141. The molecule has 3 N–H and O–H groups in total. The summed E-state index contributed by atoms with van der Waals surface area (Å²) in [7, 11) is 1.90. The van der Waals surface area contributed by atoms with Gasteiger partial charge in [-0.25, -0.2) is 4.98 Å². The number of hydrogen-bond acceptors (Lipinski definition) is 5. The van der Waals surface area contributed by atoms with Gasteiger partial charge < -0.3 is 15.6 Å². The van der Waals surface area contributed by atoms with Crippen LogP contribution in [0.4, 0.5) is 11.5 Å². The number of nitrogens with two attached hydrogens (primary N) is 1. The number of nitrogens with zero attached hydrogens (tertiary/aromatic N) is 4. The maximum absolute atomic E-state index is 11.4. The van der Waals surface area contributed by atoms with Crippen LogP contribution in [0.1, 0.15) is 10.5 Å². The van der Waals surface area contributed by atoms with E-state index in [1.807, 2.05) is 29.9 Å². The molecule has 0 aliphatic carbocycles. The van der Waals surface area contributed by atoms with Crippen LogP contribution in [-0.2, 0) is 7.05 Å². The maximum Gasteiger partial charge on any atom is 0.271 e. The zero-order valence-corrected chi connectivity index (χ0v) is 11.8. The largest absolute Gasteiger partial charge is 0.364 e. The molecule has 1 amide bonds. The van der Waals surface area contributed by atoms with E-state index in [4.69, 9.17) is 17.3 Å². The van der Waals surface area contributed by atoms with Crippen molar-refractivity contribution < 1.29 is 4.79 Å². The quantitative estimate of drug-likeness (QED) is 0.769. The molecule has 0 saturated carbocycles. The predicted octanol–water partition coefficient (Wildman–Crippen LogP) is 1.86. The van der Waals surface area contributed by atoms with Gasteiger partial charge in [0.15, 0.2) is 10.8 Å². The van der Waals surface area contributed by atoms with Gasteiger partial charge in [0.05, 0.1) is 5.69 Å². The van der Waals surface area contributed by atoms with Crippen molar-refractivity contribution in [2.45, 2.75) is 0 Å². The number of aromatic nitrogens is 4. The van der Waals surface area contributed by atoms with Crippen molar-refractivity contribution >= 4 is 40.0 Å². The summed E-state index contributed by atoms with van der Waals surface area (Å²) in [5, 5.41) is 11.5. The van der Waals surface area contributed by atoms with Gasteiger partial charge in [-0.3, -0.25) is 4.79 Å². The van der Waals surface area contributed by atoms with Crippen LogP contribution < -0.4 is 11.1 Å². The second-order valence-electron chi connectivity index (χ2n) is 4.45. The predicted molar refractivity (Wildman–Crippen MR) is 79.6 cm³/mol. The van der Waals surface area contributed by atoms with Crippen LogP contribution in [0.15, 0.2) is 30.5 Å². The number of aryl methyl sites for hydroxylation is 1. The molecule has 0 spiro atoms. The number of halogens is 1. The minimum absolute atomic E-state index is 0.00757. The summed E-state index contributed by atoms with van der Waals surface area (Å²) in [6.07, 6.45) is 1.92. The summed E-state index contributed by atoms with van der Waals surface area (Å²) < 4.78 is 1.90. The van der Waals surface area contributed by atoms with Gasteiger partial charge in [-0.2, -0.15) is 0 Å². The van der Waals surface area contributed by atoms with Gasteiger partial charge in [-0.05, 0) is 18.2 Å². The minimum Gasteiger partial charge on any atom is -0.364 e. The summed E-state index contributed by atoms with van der Waals surface area (Å²) >= 11 is 5.80. The first-order valence-corrected chi connectivity index (χ1v) is 6.44. The zero-order chi connectivity index (χ0) is 15.0. The smallest absolute Gasteiger partial charge is 0.271 e. The van der Waals surface area contributed by atoms with Crippen molar-refractivity contribution in [3.63, 3.8) is 0 Å². The SMILES string of the molecule is Cn1ccc2ccc(Nc3cc(Cl)nnc3C(N)=O)nc21. The fourth-order valence-electron chi connectivity index (χ4n) is 1.99. The summed E-state index contributed by atoms with van der Waals surface area (Å²) in [6, 6.07) is 7.16. The van der Waals surface area contributed by atoms with Crippen molar-refractivity contribution in [1.82, 2.24) is 19.7 Å². The molecule has 0 atom stereocenters. The van der Waals surface area contributed by atoms with Crippen molar-refractivity contribution in [1.29, 1.82) is 0 Å². The van der Waals surface area contributed by atoms with Gasteiger partial charge in [0.1, 0.15) is 11.5 Å². The van der Waals surface area contributed by atoms with Crippen molar-refractivity contribution in [3.05, 3.63) is 41.3 Å². The van der Waals surface area contributed by atoms with E-state index in [-0.39, 0.29) is 10.8 Å². The number of nitrogens with one attached hydrogen (secondary N) is 1. The lowest BCUT2D eigenvalue weighted by atomic mass is 10.3. The number of pyridine rings is 1. The molecule has 0 aliphatic heterocycles. The Kier molecular flexibility index (Phi) is 3.19. The minimum atomic E-state index is -0.693. The Morgan fingerprint density at radius 1 is 1.33 bits per heavy atom. The fourth-order valence-corrected chi connectivity index (χ4v) is 2.13. The van der Waals surface area contributed by atoms with E-state index in [1.54, 1.807) is 6.07 Å². The first-order valence-electron chi connectivity index (χ1n) is 6.07. The van der Waals surface area contributed by atoms with Crippen LogP contribution in [0, 0.1) is 0 Å². The highest BCUT2D eigenvalue weighted by Crippen LogP contribution is 2.22. The Balaban J connectivity index is 2.03. The number of carbonyl (C=O) groups excluding carboxylic acids is 1. The zero-order valence-electron chi connectivity index (χ0n) is 11.0. The van der Waals surface area contributed by atoms with Crippen LogP contribution in [0.2, 0.25) is 5.15 Å². The highest BCUT2D eigenvalue weighted by atomic mass is 35.5.